The van der Waals surface area contributed by atoms with Gasteiger partial charge in [-0.25, -0.2) is 0 Å². The van der Waals surface area contributed by atoms with Gasteiger partial charge < -0.3 is 4.74 Å². The van der Waals surface area contributed by atoms with Crippen LogP contribution >= 0.6 is 0 Å². The lowest BCUT2D eigenvalue weighted by molar-refractivity contribution is 0.00838. The summed E-state index contributed by atoms with van der Waals surface area (Å²) in [5, 5.41) is 10.9. The van der Waals surface area contributed by atoms with Gasteiger partial charge in [-0.1, -0.05) is 134 Å². The molecule has 0 bridgehead atoms. The van der Waals surface area contributed by atoms with Crippen molar-refractivity contribution < 1.29 is 4.74 Å². The van der Waals surface area contributed by atoms with Crippen LogP contribution < -0.4 is 0 Å². The summed E-state index contributed by atoms with van der Waals surface area (Å²) in [6.07, 6.45) is 0. The van der Waals surface area contributed by atoms with Crippen molar-refractivity contribution in [3.63, 3.8) is 0 Å². The number of hydrogen-bond acceptors (Lipinski definition) is 1. The minimum atomic E-state index is -0.108. The van der Waals surface area contributed by atoms with E-state index in [0.29, 0.717) is 5.92 Å². The molecule has 234 valence electrons. The van der Waals surface area contributed by atoms with E-state index in [1.807, 2.05) is 0 Å². The third-order valence-electron chi connectivity index (χ3n) is 11.5. The lowest BCUT2D eigenvalue weighted by Gasteiger charge is -2.29. The Kier molecular flexibility index (Phi) is 5.83. The second kappa shape index (κ2) is 9.45. The van der Waals surface area contributed by atoms with Crippen molar-refractivity contribution in [3.05, 3.63) is 119 Å². The molecule has 0 aromatic heterocycles. The SMILES string of the molecule is CC(C)(C)c1cc2cc(C(C)(C)C)cc3c4ccc(-c5cccc6c5C(C)(C)c5cc(C7COC7)ccc5-6)c5cccc(c(c1)c23)c54. The summed E-state index contributed by atoms with van der Waals surface area (Å²) in [4.78, 5) is 0. The van der Waals surface area contributed by atoms with E-state index in [2.05, 4.69) is 146 Å². The van der Waals surface area contributed by atoms with E-state index >= 15 is 0 Å². The second-order valence-electron chi connectivity index (χ2n) is 16.9. The van der Waals surface area contributed by atoms with Crippen molar-refractivity contribution in [1.29, 1.82) is 0 Å². The lowest BCUT2D eigenvalue weighted by Crippen LogP contribution is -2.25. The highest BCUT2D eigenvalue weighted by Gasteiger charge is 2.39. The second-order valence-corrected chi connectivity index (χ2v) is 16.9. The average molecular weight is 613 g/mol. The summed E-state index contributed by atoms with van der Waals surface area (Å²) in [6, 6.07) is 35.9. The van der Waals surface area contributed by atoms with Gasteiger partial charge in [-0.3, -0.25) is 0 Å². The molecule has 0 N–H and O–H groups in total. The molecule has 0 atom stereocenters. The van der Waals surface area contributed by atoms with E-state index in [1.54, 1.807) is 0 Å². The standard InChI is InChI=1S/C46H44O/c1-44(2,3)29-19-27-20-30(45(4,5)6)23-39-35-18-17-31(33-11-9-12-34(42(33)35)38(22-29)41(27)39)36-13-10-14-37-32-16-15-26(28-24-47-25-28)21-40(32)46(7,8)43(36)37/h9-23,28H,24-25H2,1-8H3. The molecule has 0 radical (unpaired) electrons. The number of benzene rings is 7. The number of fused-ring (bicyclic) bond motifs is 5. The first-order valence-corrected chi connectivity index (χ1v) is 17.4. The van der Waals surface area contributed by atoms with Crippen LogP contribution in [0.2, 0.25) is 0 Å². The molecule has 1 saturated heterocycles. The number of hydrogen-bond donors (Lipinski definition) is 0. The van der Waals surface area contributed by atoms with Crippen LogP contribution in [0, 0.1) is 0 Å². The molecular weight excluding hydrogens is 569 g/mol. The fourth-order valence-electron chi connectivity index (χ4n) is 8.70. The van der Waals surface area contributed by atoms with Crippen molar-refractivity contribution in [1.82, 2.24) is 0 Å². The van der Waals surface area contributed by atoms with Crippen LogP contribution in [0.15, 0.2) is 91.0 Å². The zero-order valence-corrected chi connectivity index (χ0v) is 29.1. The highest BCUT2D eigenvalue weighted by molar-refractivity contribution is 6.34. The smallest absolute Gasteiger partial charge is 0.0557 e. The van der Waals surface area contributed by atoms with Gasteiger partial charge in [0.05, 0.1) is 13.2 Å². The van der Waals surface area contributed by atoms with E-state index in [-0.39, 0.29) is 16.2 Å². The molecule has 0 amide bonds. The predicted molar refractivity (Wildman–Crippen MR) is 202 cm³/mol. The minimum absolute atomic E-state index is 0.0509. The Morgan fingerprint density at radius 1 is 0.553 bits per heavy atom. The van der Waals surface area contributed by atoms with Gasteiger partial charge in [-0.15, -0.1) is 0 Å². The molecule has 0 spiro atoms. The summed E-state index contributed by atoms with van der Waals surface area (Å²) >= 11 is 0. The van der Waals surface area contributed by atoms with Crippen LogP contribution in [0.4, 0.5) is 0 Å². The maximum atomic E-state index is 5.56. The van der Waals surface area contributed by atoms with Crippen LogP contribution in [0.1, 0.15) is 89.1 Å². The maximum absolute atomic E-state index is 5.56. The first-order valence-electron chi connectivity index (χ1n) is 17.4. The topological polar surface area (TPSA) is 9.23 Å². The highest BCUT2D eigenvalue weighted by atomic mass is 16.5. The largest absolute Gasteiger partial charge is 0.380 e. The summed E-state index contributed by atoms with van der Waals surface area (Å²) in [5.41, 5.74) is 12.5. The summed E-state index contributed by atoms with van der Waals surface area (Å²) < 4.78 is 5.56. The fourth-order valence-corrected chi connectivity index (χ4v) is 8.70. The lowest BCUT2D eigenvalue weighted by atomic mass is 9.76. The van der Waals surface area contributed by atoms with Crippen LogP contribution in [-0.4, -0.2) is 13.2 Å². The van der Waals surface area contributed by atoms with Crippen molar-refractivity contribution in [2.24, 2.45) is 0 Å². The third-order valence-corrected chi connectivity index (χ3v) is 11.5. The van der Waals surface area contributed by atoms with Crippen LogP contribution in [0.5, 0.6) is 0 Å². The molecule has 7 aromatic rings. The molecule has 9 rings (SSSR count). The minimum Gasteiger partial charge on any atom is -0.380 e. The zero-order chi connectivity index (χ0) is 32.6. The Morgan fingerprint density at radius 2 is 1.13 bits per heavy atom. The van der Waals surface area contributed by atoms with Crippen molar-refractivity contribution in [2.45, 2.75) is 77.6 Å². The fraction of sp³-hybridized carbons (Fsp3) is 0.304. The van der Waals surface area contributed by atoms with Gasteiger partial charge in [0, 0.05) is 11.3 Å². The molecule has 1 nitrogen and oxygen atoms in total. The third kappa shape index (κ3) is 4.05. The van der Waals surface area contributed by atoms with Crippen LogP contribution in [0.25, 0.3) is 65.3 Å². The normalized spacial score (nSPS) is 16.3. The zero-order valence-electron chi connectivity index (χ0n) is 29.1. The monoisotopic (exact) mass is 612 g/mol. The molecule has 0 unspecified atom stereocenters. The Labute approximate surface area is 278 Å². The molecule has 47 heavy (non-hydrogen) atoms. The van der Waals surface area contributed by atoms with Crippen molar-refractivity contribution in [2.75, 3.05) is 13.2 Å². The molecule has 1 aliphatic carbocycles. The first-order chi connectivity index (χ1) is 22.3. The Morgan fingerprint density at radius 3 is 1.74 bits per heavy atom. The van der Waals surface area contributed by atoms with E-state index in [1.165, 1.54) is 93.2 Å². The molecule has 1 fully saturated rings. The molecule has 7 aromatic carbocycles. The predicted octanol–water partition coefficient (Wildman–Crippen LogP) is 12.4. The van der Waals surface area contributed by atoms with Gasteiger partial charge in [0.25, 0.3) is 0 Å². The highest BCUT2D eigenvalue weighted by Crippen LogP contribution is 2.54. The molecule has 0 saturated carbocycles. The summed E-state index contributed by atoms with van der Waals surface area (Å²) in [6.45, 7) is 20.5. The number of rotatable bonds is 2. The van der Waals surface area contributed by atoms with Gasteiger partial charge in [-0.05, 0) is 116 Å². The van der Waals surface area contributed by atoms with Gasteiger partial charge in [-0.2, -0.15) is 0 Å². The van der Waals surface area contributed by atoms with E-state index in [0.717, 1.165) is 13.2 Å². The van der Waals surface area contributed by atoms with Gasteiger partial charge in [0.1, 0.15) is 0 Å². The van der Waals surface area contributed by atoms with Crippen molar-refractivity contribution in [3.8, 4) is 22.3 Å². The molecule has 1 heterocycles. The first kappa shape index (κ1) is 29.0. The molecule has 1 aliphatic heterocycles. The van der Waals surface area contributed by atoms with E-state index in [9.17, 15) is 0 Å². The van der Waals surface area contributed by atoms with Gasteiger partial charge in [0.15, 0.2) is 0 Å². The Hall–Kier alpha value is -4.20. The van der Waals surface area contributed by atoms with Crippen molar-refractivity contribution >= 4 is 43.1 Å². The quantitative estimate of drug-likeness (QED) is 0.139. The Bertz CT molecular complexity index is 2350. The van der Waals surface area contributed by atoms with Crippen LogP contribution in [0.3, 0.4) is 0 Å². The van der Waals surface area contributed by atoms with Gasteiger partial charge in [0.2, 0.25) is 0 Å². The molecule has 1 heteroatoms. The summed E-state index contributed by atoms with van der Waals surface area (Å²) in [5.74, 6) is 0.518. The van der Waals surface area contributed by atoms with Crippen LogP contribution in [-0.2, 0) is 21.0 Å². The summed E-state index contributed by atoms with van der Waals surface area (Å²) in [7, 11) is 0. The molecule has 2 aliphatic rings. The average Bonchev–Trinajstić information content (AvgIpc) is 3.23. The molecular formula is C46H44O. The maximum Gasteiger partial charge on any atom is 0.0557 e. The van der Waals surface area contributed by atoms with E-state index in [4.69, 9.17) is 4.74 Å². The Balaban J connectivity index is 1.35. The van der Waals surface area contributed by atoms with E-state index < -0.39 is 0 Å². The van der Waals surface area contributed by atoms with Gasteiger partial charge >= 0.3 is 0 Å². The number of ether oxygens (including phenoxy) is 1.